The smallest absolute Gasteiger partial charge is 0.331 e. The molecule has 19 heavy (non-hydrogen) atoms. The van der Waals surface area contributed by atoms with Crippen LogP contribution in [0.1, 0.15) is 27.7 Å². The highest BCUT2D eigenvalue weighted by Crippen LogP contribution is 2.10. The number of likely N-dealkylation sites (N-methyl/N-ethyl adjacent to an activating group) is 1. The Labute approximate surface area is 115 Å². The highest BCUT2D eigenvalue weighted by atomic mass is 16.4. The van der Waals surface area contributed by atoms with Crippen molar-refractivity contribution in [2.24, 2.45) is 5.92 Å². The molecule has 0 saturated heterocycles. The van der Waals surface area contributed by atoms with Gasteiger partial charge in [-0.3, -0.25) is 4.79 Å². The van der Waals surface area contributed by atoms with Crippen molar-refractivity contribution in [3.05, 3.63) is 11.1 Å². The van der Waals surface area contributed by atoms with E-state index in [0.717, 1.165) is 6.54 Å². The molecule has 0 unspecified atom stereocenters. The molecule has 0 radical (unpaired) electrons. The van der Waals surface area contributed by atoms with Crippen LogP contribution in [0.4, 0.5) is 0 Å². The molecular formula is C14H26N2O3. The van der Waals surface area contributed by atoms with Crippen molar-refractivity contribution in [1.29, 1.82) is 0 Å². The van der Waals surface area contributed by atoms with Gasteiger partial charge in [0.2, 0.25) is 5.91 Å². The van der Waals surface area contributed by atoms with Gasteiger partial charge >= 0.3 is 5.97 Å². The summed E-state index contributed by atoms with van der Waals surface area (Å²) in [4.78, 5) is 27.0. The second-order valence-corrected chi connectivity index (χ2v) is 5.50. The monoisotopic (exact) mass is 270 g/mol. The number of aliphatic carboxylic acids is 1. The van der Waals surface area contributed by atoms with Crippen LogP contribution in [-0.4, -0.2) is 60.5 Å². The van der Waals surface area contributed by atoms with E-state index in [2.05, 4.69) is 0 Å². The van der Waals surface area contributed by atoms with Gasteiger partial charge in [-0.15, -0.1) is 0 Å². The molecule has 0 bridgehead atoms. The zero-order chi connectivity index (χ0) is 15.2. The Bertz CT molecular complexity index is 360. The van der Waals surface area contributed by atoms with Crippen molar-refractivity contribution >= 4 is 11.9 Å². The van der Waals surface area contributed by atoms with Crippen LogP contribution < -0.4 is 0 Å². The van der Waals surface area contributed by atoms with E-state index < -0.39 is 5.97 Å². The normalized spacial score (nSPS) is 12.6. The van der Waals surface area contributed by atoms with E-state index in [0.29, 0.717) is 24.6 Å². The first-order valence-electron chi connectivity index (χ1n) is 6.51. The quantitative estimate of drug-likeness (QED) is 0.711. The number of carbonyl (C=O) groups is 2. The number of amides is 1. The molecule has 0 spiro atoms. The molecule has 1 amide bonds. The number of carbonyl (C=O) groups excluding carboxylic acids is 1. The molecule has 0 fully saturated rings. The van der Waals surface area contributed by atoms with Gasteiger partial charge in [0.1, 0.15) is 0 Å². The average molecular weight is 270 g/mol. The maximum Gasteiger partial charge on any atom is 0.331 e. The zero-order valence-corrected chi connectivity index (χ0v) is 12.9. The van der Waals surface area contributed by atoms with Crippen molar-refractivity contribution in [2.45, 2.75) is 27.7 Å². The van der Waals surface area contributed by atoms with Gasteiger partial charge < -0.3 is 14.9 Å². The largest absolute Gasteiger partial charge is 0.478 e. The first kappa shape index (κ1) is 17.6. The van der Waals surface area contributed by atoms with Gasteiger partial charge in [0, 0.05) is 30.8 Å². The number of hydrogen-bond donors (Lipinski definition) is 1. The zero-order valence-electron chi connectivity index (χ0n) is 12.9. The maximum atomic E-state index is 12.3. The van der Waals surface area contributed by atoms with Gasteiger partial charge in [-0.25, -0.2) is 4.79 Å². The fourth-order valence-electron chi connectivity index (χ4n) is 1.60. The van der Waals surface area contributed by atoms with Crippen LogP contribution in [0.25, 0.3) is 0 Å². The van der Waals surface area contributed by atoms with Crippen molar-refractivity contribution in [3.8, 4) is 0 Å². The van der Waals surface area contributed by atoms with E-state index in [1.165, 1.54) is 6.92 Å². The summed E-state index contributed by atoms with van der Waals surface area (Å²) in [6.07, 6.45) is 0. The number of carboxylic acids is 1. The molecule has 0 saturated carbocycles. The minimum atomic E-state index is -1.04. The van der Waals surface area contributed by atoms with E-state index in [1.54, 1.807) is 11.8 Å². The number of nitrogens with zero attached hydrogens (tertiary/aromatic N) is 2. The van der Waals surface area contributed by atoms with Gasteiger partial charge in [0.25, 0.3) is 0 Å². The molecule has 0 atom stereocenters. The minimum Gasteiger partial charge on any atom is -0.478 e. The van der Waals surface area contributed by atoms with E-state index in [1.807, 2.05) is 32.8 Å². The Morgan fingerprint density at radius 3 is 1.95 bits per heavy atom. The summed E-state index contributed by atoms with van der Waals surface area (Å²) in [5.74, 6) is -0.873. The Morgan fingerprint density at radius 2 is 1.58 bits per heavy atom. The summed E-state index contributed by atoms with van der Waals surface area (Å²) >= 11 is 0. The molecule has 0 heterocycles. The highest BCUT2D eigenvalue weighted by molar-refractivity contribution is 6.01. The third kappa shape index (κ3) is 6.38. The van der Waals surface area contributed by atoms with Crippen molar-refractivity contribution in [1.82, 2.24) is 9.80 Å². The second kappa shape index (κ2) is 7.94. The fourth-order valence-corrected chi connectivity index (χ4v) is 1.60. The number of rotatable bonds is 7. The predicted octanol–water partition coefficient (Wildman–Crippen LogP) is 1.45. The molecule has 5 nitrogen and oxygen atoms in total. The summed E-state index contributed by atoms with van der Waals surface area (Å²) in [6, 6.07) is 0. The molecule has 0 aromatic rings. The lowest BCUT2D eigenvalue weighted by Crippen LogP contribution is -2.39. The molecule has 110 valence electrons. The van der Waals surface area contributed by atoms with Crippen molar-refractivity contribution in [2.75, 3.05) is 33.7 Å². The summed E-state index contributed by atoms with van der Waals surface area (Å²) in [6.45, 7) is 9.13. The van der Waals surface area contributed by atoms with Gasteiger partial charge in [0.15, 0.2) is 0 Å². The first-order chi connectivity index (χ1) is 8.66. The Morgan fingerprint density at radius 1 is 1.05 bits per heavy atom. The standard InChI is InChI=1S/C14H26N2O3/c1-10(2)9-16(8-7-15(5)6)13(17)11(3)12(4)14(18)19/h10H,7-9H2,1-6H3,(H,18,19). The summed E-state index contributed by atoms with van der Waals surface area (Å²) in [7, 11) is 3.90. The van der Waals surface area contributed by atoms with Crippen LogP contribution in [0.5, 0.6) is 0 Å². The lowest BCUT2D eigenvalue weighted by molar-refractivity contribution is -0.134. The van der Waals surface area contributed by atoms with E-state index in [9.17, 15) is 9.59 Å². The fraction of sp³-hybridized carbons (Fsp3) is 0.714. The molecular weight excluding hydrogens is 244 g/mol. The summed E-state index contributed by atoms with van der Waals surface area (Å²) in [5.41, 5.74) is 0.426. The van der Waals surface area contributed by atoms with Gasteiger partial charge in [-0.05, 0) is 33.9 Å². The Hall–Kier alpha value is -1.36. The van der Waals surface area contributed by atoms with Crippen LogP contribution in [0.3, 0.4) is 0 Å². The van der Waals surface area contributed by atoms with Gasteiger partial charge in [-0.2, -0.15) is 0 Å². The Balaban J connectivity index is 4.99. The number of carboxylic acid groups (broad SMARTS) is 1. The van der Waals surface area contributed by atoms with Crippen LogP contribution >= 0.6 is 0 Å². The molecule has 0 aromatic heterocycles. The molecule has 1 N–H and O–H groups in total. The van der Waals surface area contributed by atoms with Crippen LogP contribution in [-0.2, 0) is 9.59 Å². The number of hydrogen-bond acceptors (Lipinski definition) is 3. The molecule has 0 aromatic carbocycles. The average Bonchev–Trinajstić information content (AvgIpc) is 2.30. The van der Waals surface area contributed by atoms with Gasteiger partial charge in [-0.1, -0.05) is 13.8 Å². The molecule has 0 rings (SSSR count). The minimum absolute atomic E-state index is 0.114. The lowest BCUT2D eigenvalue weighted by atomic mass is 10.1. The van der Waals surface area contributed by atoms with Crippen molar-refractivity contribution in [3.63, 3.8) is 0 Å². The topological polar surface area (TPSA) is 60.9 Å². The third-order valence-corrected chi connectivity index (χ3v) is 2.89. The van der Waals surface area contributed by atoms with E-state index in [-0.39, 0.29) is 11.5 Å². The van der Waals surface area contributed by atoms with E-state index >= 15 is 0 Å². The van der Waals surface area contributed by atoms with Gasteiger partial charge in [0.05, 0.1) is 0 Å². The molecule has 0 aliphatic heterocycles. The SMILES string of the molecule is CC(C(=O)O)=C(C)C(=O)N(CCN(C)C)CC(C)C. The predicted molar refractivity (Wildman–Crippen MR) is 76.0 cm³/mol. The second-order valence-electron chi connectivity index (χ2n) is 5.50. The summed E-state index contributed by atoms with van der Waals surface area (Å²) in [5, 5.41) is 8.95. The van der Waals surface area contributed by atoms with E-state index in [4.69, 9.17) is 5.11 Å². The molecule has 0 aliphatic rings. The summed E-state index contributed by atoms with van der Waals surface area (Å²) < 4.78 is 0. The third-order valence-electron chi connectivity index (χ3n) is 2.89. The molecule has 5 heteroatoms. The van der Waals surface area contributed by atoms with Crippen LogP contribution in [0, 0.1) is 5.92 Å². The van der Waals surface area contributed by atoms with Crippen molar-refractivity contribution < 1.29 is 14.7 Å². The first-order valence-corrected chi connectivity index (χ1v) is 6.51. The van der Waals surface area contributed by atoms with Crippen LogP contribution in [0.2, 0.25) is 0 Å². The highest BCUT2D eigenvalue weighted by Gasteiger charge is 2.20. The lowest BCUT2D eigenvalue weighted by Gasteiger charge is -2.26. The maximum absolute atomic E-state index is 12.3. The van der Waals surface area contributed by atoms with Crippen LogP contribution in [0.15, 0.2) is 11.1 Å². The Kier molecular flexibility index (Phi) is 7.37. The molecule has 0 aliphatic carbocycles.